The van der Waals surface area contributed by atoms with Crippen LogP contribution in [0.5, 0.6) is 5.75 Å². The molecule has 1 aromatic rings. The second-order valence-electron chi connectivity index (χ2n) is 4.67. The topological polar surface area (TPSA) is 63.6 Å². The first-order valence-corrected chi connectivity index (χ1v) is 6.93. The zero-order valence-corrected chi connectivity index (χ0v) is 12.7. The normalized spacial score (nSPS) is 10.4. The van der Waals surface area contributed by atoms with Gasteiger partial charge in [0.2, 0.25) is 0 Å². The van der Waals surface area contributed by atoms with Crippen LogP contribution in [0.2, 0.25) is 5.02 Å². The van der Waals surface area contributed by atoms with Gasteiger partial charge in [0, 0.05) is 11.4 Å². The summed E-state index contributed by atoms with van der Waals surface area (Å²) in [4.78, 5) is 22.9. The molecule has 0 fully saturated rings. The minimum atomic E-state index is -0.995. The number of benzene rings is 1. The Hall–Kier alpha value is -1.55. The Morgan fingerprint density at radius 1 is 1.30 bits per heavy atom. The van der Waals surface area contributed by atoms with E-state index in [4.69, 9.17) is 21.4 Å². The maximum absolute atomic E-state index is 12.3. The van der Waals surface area contributed by atoms with Crippen LogP contribution in [0, 0.1) is 13.8 Å². The third-order valence-electron chi connectivity index (χ3n) is 2.96. The molecule has 0 saturated carbocycles. The van der Waals surface area contributed by atoms with Gasteiger partial charge in [-0.15, -0.1) is 0 Å². The van der Waals surface area contributed by atoms with Crippen LogP contribution in [0.15, 0.2) is 6.07 Å². The highest BCUT2D eigenvalue weighted by atomic mass is 35.5. The van der Waals surface area contributed by atoms with Gasteiger partial charge in [0.15, 0.2) is 5.78 Å². The predicted octanol–water partition coefficient (Wildman–Crippen LogP) is 3.79. The van der Waals surface area contributed by atoms with Crippen LogP contribution >= 0.6 is 11.6 Å². The van der Waals surface area contributed by atoms with Crippen LogP contribution < -0.4 is 4.74 Å². The van der Waals surface area contributed by atoms with E-state index in [1.54, 1.807) is 13.0 Å². The third-order valence-corrected chi connectivity index (χ3v) is 3.35. The van der Waals surface area contributed by atoms with E-state index in [-0.39, 0.29) is 18.6 Å². The summed E-state index contributed by atoms with van der Waals surface area (Å²) in [5, 5.41) is 9.18. The number of halogens is 1. The van der Waals surface area contributed by atoms with Crippen molar-refractivity contribution in [1.29, 1.82) is 0 Å². The highest BCUT2D eigenvalue weighted by Gasteiger charge is 2.20. The van der Waals surface area contributed by atoms with Crippen molar-refractivity contribution in [2.24, 2.45) is 0 Å². The van der Waals surface area contributed by atoms with Crippen LogP contribution in [-0.2, 0) is 4.79 Å². The van der Waals surface area contributed by atoms with Crippen LogP contribution in [0.3, 0.4) is 0 Å². The molecule has 0 atom stereocenters. The minimum absolute atomic E-state index is 0.0571. The van der Waals surface area contributed by atoms with Crippen molar-refractivity contribution in [2.45, 2.75) is 40.0 Å². The molecular weight excluding hydrogens is 280 g/mol. The lowest BCUT2D eigenvalue weighted by Crippen LogP contribution is -2.10. The number of ether oxygens (including phenoxy) is 1. The van der Waals surface area contributed by atoms with Crippen molar-refractivity contribution >= 4 is 23.4 Å². The number of aliphatic carboxylic acids is 1. The van der Waals surface area contributed by atoms with Gasteiger partial charge in [-0.05, 0) is 37.5 Å². The van der Waals surface area contributed by atoms with Crippen molar-refractivity contribution in [3.63, 3.8) is 0 Å². The number of carboxylic acids is 1. The molecule has 20 heavy (non-hydrogen) atoms. The number of Topliss-reactive ketones (excluding diaryl/α,β-unsaturated/α-hetero) is 1. The van der Waals surface area contributed by atoms with E-state index in [1.807, 2.05) is 13.8 Å². The quantitative estimate of drug-likeness (QED) is 0.778. The molecule has 1 rings (SSSR count). The van der Waals surface area contributed by atoms with Crippen LogP contribution in [-0.4, -0.2) is 23.5 Å². The van der Waals surface area contributed by atoms with Crippen molar-refractivity contribution < 1.29 is 19.4 Å². The first-order valence-electron chi connectivity index (χ1n) is 6.56. The van der Waals surface area contributed by atoms with E-state index < -0.39 is 5.97 Å². The fourth-order valence-electron chi connectivity index (χ4n) is 1.92. The number of aryl methyl sites for hydroxylation is 1. The standard InChI is InChI=1S/C15H19ClO4/c1-4-7-20-15-9(2)8-11(16)10(3)14(15)12(17)5-6-13(18)19/h8H,4-7H2,1-3H3,(H,18,19). The average Bonchev–Trinajstić information content (AvgIpc) is 2.38. The molecule has 0 saturated heterocycles. The summed E-state index contributed by atoms with van der Waals surface area (Å²) in [5.74, 6) is -0.725. The zero-order chi connectivity index (χ0) is 15.3. The van der Waals surface area contributed by atoms with Crippen LogP contribution in [0.25, 0.3) is 0 Å². The summed E-state index contributed by atoms with van der Waals surface area (Å²) in [7, 11) is 0. The molecule has 0 bridgehead atoms. The van der Waals surface area contributed by atoms with Crippen LogP contribution in [0.4, 0.5) is 0 Å². The van der Waals surface area contributed by atoms with Gasteiger partial charge in [-0.1, -0.05) is 18.5 Å². The van der Waals surface area contributed by atoms with Crippen molar-refractivity contribution in [2.75, 3.05) is 6.61 Å². The van der Waals surface area contributed by atoms with E-state index in [0.29, 0.717) is 28.5 Å². The average molecular weight is 299 g/mol. The molecular formula is C15H19ClO4. The van der Waals surface area contributed by atoms with Gasteiger partial charge in [-0.25, -0.2) is 0 Å². The van der Waals surface area contributed by atoms with Crippen molar-refractivity contribution in [3.8, 4) is 5.75 Å². The molecule has 0 aliphatic rings. The number of rotatable bonds is 7. The van der Waals surface area contributed by atoms with E-state index in [9.17, 15) is 9.59 Å². The first kappa shape index (κ1) is 16.5. The predicted molar refractivity (Wildman–Crippen MR) is 77.9 cm³/mol. The molecule has 0 aliphatic carbocycles. The number of ketones is 1. The van der Waals surface area contributed by atoms with E-state index in [1.165, 1.54) is 0 Å². The maximum Gasteiger partial charge on any atom is 0.303 e. The first-order chi connectivity index (χ1) is 9.38. The van der Waals surface area contributed by atoms with E-state index in [0.717, 1.165) is 12.0 Å². The molecule has 0 aliphatic heterocycles. The summed E-state index contributed by atoms with van der Waals surface area (Å²) >= 11 is 6.11. The number of hydrogen-bond acceptors (Lipinski definition) is 3. The Balaban J connectivity index is 3.19. The summed E-state index contributed by atoms with van der Waals surface area (Å²) < 4.78 is 5.65. The summed E-state index contributed by atoms with van der Waals surface area (Å²) in [6.45, 7) is 6.05. The SMILES string of the molecule is CCCOc1c(C)cc(Cl)c(C)c1C(=O)CCC(=O)O. The van der Waals surface area contributed by atoms with Gasteiger partial charge in [-0.2, -0.15) is 0 Å². The fourth-order valence-corrected chi connectivity index (χ4v) is 2.18. The van der Waals surface area contributed by atoms with E-state index >= 15 is 0 Å². The molecule has 0 amide bonds. The highest BCUT2D eigenvalue weighted by molar-refractivity contribution is 6.32. The highest BCUT2D eigenvalue weighted by Crippen LogP contribution is 2.33. The van der Waals surface area contributed by atoms with E-state index in [2.05, 4.69) is 0 Å². The zero-order valence-electron chi connectivity index (χ0n) is 12.0. The largest absolute Gasteiger partial charge is 0.493 e. The lowest BCUT2D eigenvalue weighted by atomic mass is 9.97. The smallest absolute Gasteiger partial charge is 0.303 e. The second-order valence-corrected chi connectivity index (χ2v) is 5.08. The Labute approximate surface area is 123 Å². The molecule has 1 aromatic carbocycles. The maximum atomic E-state index is 12.3. The molecule has 5 heteroatoms. The molecule has 0 spiro atoms. The van der Waals surface area contributed by atoms with Gasteiger partial charge >= 0.3 is 5.97 Å². The molecule has 0 radical (unpaired) electrons. The van der Waals surface area contributed by atoms with Gasteiger partial charge in [-0.3, -0.25) is 9.59 Å². The summed E-state index contributed by atoms with van der Waals surface area (Å²) in [6, 6.07) is 1.76. The molecule has 1 N–H and O–H groups in total. The lowest BCUT2D eigenvalue weighted by molar-refractivity contribution is -0.136. The molecule has 0 unspecified atom stereocenters. The Morgan fingerprint density at radius 2 is 1.95 bits per heavy atom. The number of carbonyl (C=O) groups excluding carboxylic acids is 1. The van der Waals surface area contributed by atoms with Crippen molar-refractivity contribution in [3.05, 3.63) is 27.8 Å². The molecule has 4 nitrogen and oxygen atoms in total. The lowest BCUT2D eigenvalue weighted by Gasteiger charge is -2.16. The second kappa shape index (κ2) is 7.29. The molecule has 110 valence electrons. The van der Waals surface area contributed by atoms with Crippen LogP contribution in [0.1, 0.15) is 47.7 Å². The van der Waals surface area contributed by atoms with Gasteiger partial charge in [0.25, 0.3) is 0 Å². The summed E-state index contributed by atoms with van der Waals surface area (Å²) in [6.07, 6.45) is 0.569. The number of hydrogen-bond donors (Lipinski definition) is 1. The van der Waals surface area contributed by atoms with Crippen molar-refractivity contribution in [1.82, 2.24) is 0 Å². The third kappa shape index (κ3) is 3.97. The Morgan fingerprint density at radius 3 is 2.50 bits per heavy atom. The number of carboxylic acid groups (broad SMARTS) is 1. The molecule has 0 heterocycles. The fraction of sp³-hybridized carbons (Fsp3) is 0.467. The Kier molecular flexibility index (Phi) is 6.02. The Bertz CT molecular complexity index is 523. The summed E-state index contributed by atoms with van der Waals surface area (Å²) in [5.41, 5.74) is 1.83. The molecule has 0 aromatic heterocycles. The van der Waals surface area contributed by atoms with Gasteiger partial charge < -0.3 is 9.84 Å². The minimum Gasteiger partial charge on any atom is -0.493 e. The number of carbonyl (C=O) groups is 2. The van der Waals surface area contributed by atoms with Gasteiger partial charge in [0.05, 0.1) is 18.6 Å². The van der Waals surface area contributed by atoms with Gasteiger partial charge in [0.1, 0.15) is 5.75 Å². The monoisotopic (exact) mass is 298 g/mol.